The number of nitrogens with zero attached hydrogens (tertiary/aromatic N) is 2. The maximum absolute atomic E-state index is 11.8. The summed E-state index contributed by atoms with van der Waals surface area (Å²) in [5.74, 6) is -0.189. The number of aromatic nitrogens is 2. The number of thiazole rings is 2. The first kappa shape index (κ1) is 13.1. The summed E-state index contributed by atoms with van der Waals surface area (Å²) in [7, 11) is 0. The van der Waals surface area contributed by atoms with Crippen LogP contribution in [0.25, 0.3) is 0 Å². The van der Waals surface area contributed by atoms with Crippen molar-refractivity contribution in [3.8, 4) is 0 Å². The van der Waals surface area contributed by atoms with E-state index in [2.05, 4.69) is 15.3 Å². The zero-order chi connectivity index (χ0) is 13.1. The molecule has 0 aliphatic heterocycles. The fourth-order valence-electron chi connectivity index (χ4n) is 1.33. The number of nitrogens with one attached hydrogen (secondary N) is 1. The Labute approximate surface area is 113 Å². The van der Waals surface area contributed by atoms with Crippen LogP contribution in [0.1, 0.15) is 39.2 Å². The molecule has 3 N–H and O–H groups in total. The van der Waals surface area contributed by atoms with Crippen molar-refractivity contribution < 1.29 is 4.79 Å². The lowest BCUT2D eigenvalue weighted by atomic mass is 10.4. The van der Waals surface area contributed by atoms with Gasteiger partial charge in [-0.3, -0.25) is 4.79 Å². The molecule has 0 fully saturated rings. The van der Waals surface area contributed by atoms with Gasteiger partial charge in [-0.25, -0.2) is 9.97 Å². The fourth-order valence-corrected chi connectivity index (χ4v) is 2.80. The minimum atomic E-state index is -0.189. The van der Waals surface area contributed by atoms with Crippen molar-refractivity contribution in [2.75, 3.05) is 0 Å². The molecule has 0 aliphatic rings. The quantitative estimate of drug-likeness (QED) is 0.897. The van der Waals surface area contributed by atoms with E-state index >= 15 is 0 Å². The molecule has 0 saturated carbocycles. The smallest absolute Gasteiger partial charge is 0.271 e. The number of hydrogen-bond donors (Lipinski definition) is 2. The van der Waals surface area contributed by atoms with Crippen LogP contribution in [0.4, 0.5) is 0 Å². The van der Waals surface area contributed by atoms with Crippen LogP contribution in [-0.4, -0.2) is 15.9 Å². The van der Waals surface area contributed by atoms with Crippen LogP contribution >= 0.6 is 22.7 Å². The Morgan fingerprint density at radius 2 is 2.22 bits per heavy atom. The summed E-state index contributed by atoms with van der Waals surface area (Å²) >= 11 is 2.93. The van der Waals surface area contributed by atoms with Crippen molar-refractivity contribution >= 4 is 28.6 Å². The zero-order valence-corrected chi connectivity index (χ0v) is 11.8. The predicted molar refractivity (Wildman–Crippen MR) is 72.7 cm³/mol. The van der Waals surface area contributed by atoms with E-state index in [-0.39, 0.29) is 11.9 Å². The molecule has 0 spiro atoms. The number of nitrogens with two attached hydrogens (primary N) is 1. The summed E-state index contributed by atoms with van der Waals surface area (Å²) in [6, 6.07) is -0.141. The van der Waals surface area contributed by atoms with Crippen LogP contribution in [-0.2, 0) is 6.54 Å². The van der Waals surface area contributed by atoms with Crippen LogP contribution in [0, 0.1) is 6.92 Å². The average molecular weight is 282 g/mol. The molecule has 1 amide bonds. The van der Waals surface area contributed by atoms with E-state index in [4.69, 9.17) is 5.73 Å². The standard InChI is InChI=1S/C11H14N4OS2/c1-6-4-17-9(14-6)3-13-10(16)8-5-18-11(15-8)7(2)12/h4-5,7H,3,12H2,1-2H3,(H,13,16). The Hall–Kier alpha value is -1.31. The summed E-state index contributed by atoms with van der Waals surface area (Å²) in [6.07, 6.45) is 0. The third kappa shape index (κ3) is 3.12. The zero-order valence-electron chi connectivity index (χ0n) is 10.1. The molecular formula is C11H14N4OS2. The topological polar surface area (TPSA) is 80.9 Å². The van der Waals surface area contributed by atoms with Crippen molar-refractivity contribution in [3.05, 3.63) is 32.2 Å². The summed E-state index contributed by atoms with van der Waals surface area (Å²) in [6.45, 7) is 4.21. The largest absolute Gasteiger partial charge is 0.344 e. The first-order valence-corrected chi connectivity index (χ1v) is 7.22. The average Bonchev–Trinajstić information content (AvgIpc) is 2.94. The summed E-state index contributed by atoms with van der Waals surface area (Å²) < 4.78 is 0. The number of amides is 1. The number of rotatable bonds is 4. The monoisotopic (exact) mass is 282 g/mol. The summed E-state index contributed by atoms with van der Waals surface area (Å²) in [5.41, 5.74) is 7.09. The van der Waals surface area contributed by atoms with E-state index in [1.54, 1.807) is 5.38 Å². The van der Waals surface area contributed by atoms with Gasteiger partial charge in [0.2, 0.25) is 0 Å². The third-order valence-corrected chi connectivity index (χ3v) is 4.22. The molecule has 0 aromatic carbocycles. The van der Waals surface area contributed by atoms with Crippen LogP contribution < -0.4 is 11.1 Å². The van der Waals surface area contributed by atoms with Crippen molar-refractivity contribution in [1.82, 2.24) is 15.3 Å². The first-order chi connectivity index (χ1) is 8.56. The molecule has 1 atom stereocenters. The lowest BCUT2D eigenvalue weighted by Crippen LogP contribution is -2.23. The van der Waals surface area contributed by atoms with Gasteiger partial charge < -0.3 is 11.1 Å². The van der Waals surface area contributed by atoms with Crippen LogP contribution in [0.3, 0.4) is 0 Å². The number of aryl methyl sites for hydroxylation is 1. The highest BCUT2D eigenvalue weighted by atomic mass is 32.1. The Bertz CT molecular complexity index is 547. The Morgan fingerprint density at radius 1 is 1.44 bits per heavy atom. The van der Waals surface area contributed by atoms with Crippen molar-refractivity contribution in [1.29, 1.82) is 0 Å². The van der Waals surface area contributed by atoms with Crippen LogP contribution in [0.2, 0.25) is 0 Å². The van der Waals surface area contributed by atoms with Gasteiger partial charge in [0, 0.05) is 16.5 Å². The third-order valence-electron chi connectivity index (χ3n) is 2.21. The van der Waals surface area contributed by atoms with Gasteiger partial charge in [-0.2, -0.15) is 0 Å². The number of carbonyl (C=O) groups excluding carboxylic acids is 1. The fraction of sp³-hybridized carbons (Fsp3) is 0.364. The SMILES string of the molecule is Cc1csc(CNC(=O)c2csc(C(C)N)n2)n1. The van der Waals surface area contributed by atoms with E-state index in [0.29, 0.717) is 12.2 Å². The van der Waals surface area contributed by atoms with Crippen molar-refractivity contribution in [3.63, 3.8) is 0 Å². The highest BCUT2D eigenvalue weighted by Crippen LogP contribution is 2.16. The van der Waals surface area contributed by atoms with Gasteiger partial charge in [-0.05, 0) is 13.8 Å². The van der Waals surface area contributed by atoms with Gasteiger partial charge in [0.05, 0.1) is 12.6 Å². The van der Waals surface area contributed by atoms with Gasteiger partial charge in [0.1, 0.15) is 15.7 Å². The molecule has 2 aromatic rings. The number of carbonyl (C=O) groups is 1. The molecule has 0 bridgehead atoms. The summed E-state index contributed by atoms with van der Waals surface area (Å²) in [4.78, 5) is 20.3. The summed E-state index contributed by atoms with van der Waals surface area (Å²) in [5, 5.41) is 8.13. The molecule has 18 heavy (non-hydrogen) atoms. The molecular weight excluding hydrogens is 268 g/mol. The van der Waals surface area contributed by atoms with Crippen molar-refractivity contribution in [2.24, 2.45) is 5.73 Å². The van der Waals surface area contributed by atoms with Gasteiger partial charge in [0.25, 0.3) is 5.91 Å². The van der Waals surface area contributed by atoms with E-state index in [1.165, 1.54) is 22.7 Å². The maximum Gasteiger partial charge on any atom is 0.271 e. The predicted octanol–water partition coefficient (Wildman–Crippen LogP) is 1.86. The maximum atomic E-state index is 11.8. The number of hydrogen-bond acceptors (Lipinski definition) is 6. The van der Waals surface area contributed by atoms with Gasteiger partial charge in [-0.1, -0.05) is 0 Å². The Kier molecular flexibility index (Phi) is 4.05. The van der Waals surface area contributed by atoms with Crippen molar-refractivity contribution in [2.45, 2.75) is 26.4 Å². The van der Waals surface area contributed by atoms with Gasteiger partial charge >= 0.3 is 0 Å². The molecule has 0 aliphatic carbocycles. The molecule has 0 saturated heterocycles. The van der Waals surface area contributed by atoms with Crippen LogP contribution in [0.5, 0.6) is 0 Å². The molecule has 2 aromatic heterocycles. The minimum absolute atomic E-state index is 0.141. The molecule has 7 heteroatoms. The Balaban J connectivity index is 1.95. The Morgan fingerprint density at radius 3 is 2.78 bits per heavy atom. The van der Waals surface area contributed by atoms with E-state index in [1.807, 2.05) is 19.2 Å². The van der Waals surface area contributed by atoms with Gasteiger partial charge in [-0.15, -0.1) is 22.7 Å². The first-order valence-electron chi connectivity index (χ1n) is 5.46. The second-order valence-electron chi connectivity index (χ2n) is 3.92. The molecule has 2 heterocycles. The minimum Gasteiger partial charge on any atom is -0.344 e. The normalized spacial score (nSPS) is 12.4. The lowest BCUT2D eigenvalue weighted by Gasteiger charge is -2.00. The highest BCUT2D eigenvalue weighted by Gasteiger charge is 2.12. The molecule has 2 rings (SSSR count). The molecule has 5 nitrogen and oxygen atoms in total. The second kappa shape index (κ2) is 5.55. The lowest BCUT2D eigenvalue weighted by molar-refractivity contribution is 0.0946. The van der Waals surface area contributed by atoms with Gasteiger partial charge in [0.15, 0.2) is 0 Å². The second-order valence-corrected chi connectivity index (χ2v) is 5.76. The molecule has 0 radical (unpaired) electrons. The molecule has 96 valence electrons. The molecule has 1 unspecified atom stereocenters. The highest BCUT2D eigenvalue weighted by molar-refractivity contribution is 7.10. The van der Waals surface area contributed by atoms with Crippen LogP contribution in [0.15, 0.2) is 10.8 Å². The van der Waals surface area contributed by atoms with E-state index in [0.717, 1.165) is 15.7 Å². The van der Waals surface area contributed by atoms with E-state index in [9.17, 15) is 4.79 Å². The van der Waals surface area contributed by atoms with E-state index < -0.39 is 0 Å².